The number of hydrazone groups is 1. The molecule has 38 heavy (non-hydrogen) atoms. The number of amides is 3. The van der Waals surface area contributed by atoms with Crippen molar-refractivity contribution in [2.24, 2.45) is 5.10 Å². The molecule has 0 aliphatic carbocycles. The second-order valence-corrected chi connectivity index (χ2v) is 9.24. The lowest BCUT2D eigenvalue weighted by Gasteiger charge is -2.28. The third kappa shape index (κ3) is 7.03. The van der Waals surface area contributed by atoms with Gasteiger partial charge in [0.05, 0.1) is 37.2 Å². The Hall–Kier alpha value is -4.06. The highest BCUT2D eigenvalue weighted by Crippen LogP contribution is 2.34. The minimum Gasteiger partial charge on any atom is -0.493 e. The SMILES string of the molecule is CCOC(=O)C1=C(C)NC(=O)N[C@H]1c1ccc(OCC(=O)N/N=C\c2ccc(N(C)C)c(Br)c2)c(OC)c1. The van der Waals surface area contributed by atoms with Crippen LogP contribution in [-0.4, -0.2) is 58.5 Å². The Morgan fingerprint density at radius 3 is 2.61 bits per heavy atom. The van der Waals surface area contributed by atoms with Crippen LogP contribution in [0, 0.1) is 0 Å². The maximum absolute atomic E-state index is 12.5. The topological polar surface area (TPSA) is 131 Å². The number of nitrogens with zero attached hydrogens (tertiary/aromatic N) is 2. The van der Waals surface area contributed by atoms with E-state index in [4.69, 9.17) is 14.2 Å². The number of allylic oxidation sites excluding steroid dienone is 1. The summed E-state index contributed by atoms with van der Waals surface area (Å²) in [7, 11) is 5.34. The van der Waals surface area contributed by atoms with Crippen LogP contribution in [0.4, 0.5) is 10.5 Å². The lowest BCUT2D eigenvalue weighted by atomic mass is 9.95. The molecular formula is C26H30BrN5O6. The maximum atomic E-state index is 12.5. The summed E-state index contributed by atoms with van der Waals surface area (Å²) in [5.41, 5.74) is 5.50. The molecule has 0 spiro atoms. The molecule has 3 rings (SSSR count). The number of hydrogen-bond acceptors (Lipinski definition) is 8. The fourth-order valence-corrected chi connectivity index (χ4v) is 4.48. The van der Waals surface area contributed by atoms with E-state index in [1.807, 2.05) is 37.2 Å². The number of halogens is 1. The van der Waals surface area contributed by atoms with E-state index in [0.29, 0.717) is 22.8 Å². The minimum absolute atomic E-state index is 0.193. The van der Waals surface area contributed by atoms with E-state index in [9.17, 15) is 14.4 Å². The molecule has 3 N–H and O–H groups in total. The van der Waals surface area contributed by atoms with Crippen LogP contribution in [0.5, 0.6) is 11.5 Å². The van der Waals surface area contributed by atoms with E-state index in [-0.39, 0.29) is 18.8 Å². The number of anilines is 1. The molecule has 0 bridgehead atoms. The van der Waals surface area contributed by atoms with Crippen molar-refractivity contribution < 1.29 is 28.6 Å². The van der Waals surface area contributed by atoms with Crippen molar-refractivity contribution in [2.45, 2.75) is 19.9 Å². The molecule has 0 saturated carbocycles. The highest BCUT2D eigenvalue weighted by Gasteiger charge is 2.32. The summed E-state index contributed by atoms with van der Waals surface area (Å²) in [5.74, 6) is -0.388. The van der Waals surface area contributed by atoms with Gasteiger partial charge in [-0.3, -0.25) is 4.79 Å². The Balaban J connectivity index is 1.66. The number of hydrogen-bond donors (Lipinski definition) is 3. The number of carbonyl (C=O) groups excluding carboxylic acids is 3. The van der Waals surface area contributed by atoms with Gasteiger partial charge in [0.15, 0.2) is 18.1 Å². The van der Waals surface area contributed by atoms with Gasteiger partial charge in [-0.1, -0.05) is 12.1 Å². The zero-order valence-electron chi connectivity index (χ0n) is 21.8. The van der Waals surface area contributed by atoms with Gasteiger partial charge in [0.25, 0.3) is 5.91 Å². The first kappa shape index (κ1) is 28.5. The van der Waals surface area contributed by atoms with Crippen LogP contribution in [0.25, 0.3) is 0 Å². The molecule has 11 nitrogen and oxygen atoms in total. The third-order valence-electron chi connectivity index (χ3n) is 5.50. The molecule has 2 aromatic rings. The highest BCUT2D eigenvalue weighted by atomic mass is 79.9. The van der Waals surface area contributed by atoms with Crippen LogP contribution < -0.4 is 30.4 Å². The summed E-state index contributed by atoms with van der Waals surface area (Å²) < 4.78 is 17.1. The summed E-state index contributed by atoms with van der Waals surface area (Å²) in [5, 5.41) is 9.30. The predicted molar refractivity (Wildman–Crippen MR) is 146 cm³/mol. The van der Waals surface area contributed by atoms with Crippen LogP contribution >= 0.6 is 15.9 Å². The Kier molecular flexibility index (Phi) is 9.72. The summed E-state index contributed by atoms with van der Waals surface area (Å²) in [4.78, 5) is 38.9. The molecule has 1 aliphatic rings. The molecule has 12 heteroatoms. The van der Waals surface area contributed by atoms with Crippen LogP contribution in [0.15, 0.2) is 57.2 Å². The number of rotatable bonds is 10. The molecule has 1 heterocycles. The molecule has 202 valence electrons. The lowest BCUT2D eigenvalue weighted by molar-refractivity contribution is -0.139. The average molecular weight is 588 g/mol. The first-order valence-electron chi connectivity index (χ1n) is 11.7. The summed E-state index contributed by atoms with van der Waals surface area (Å²) in [6.07, 6.45) is 1.53. The van der Waals surface area contributed by atoms with Crippen molar-refractivity contribution in [2.75, 3.05) is 39.3 Å². The van der Waals surface area contributed by atoms with Gasteiger partial charge in [0, 0.05) is 24.3 Å². The molecular weight excluding hydrogens is 558 g/mol. The van der Waals surface area contributed by atoms with Crippen LogP contribution in [0.3, 0.4) is 0 Å². The van der Waals surface area contributed by atoms with Crippen molar-refractivity contribution in [3.05, 3.63) is 63.3 Å². The van der Waals surface area contributed by atoms with Crippen molar-refractivity contribution in [1.82, 2.24) is 16.1 Å². The van der Waals surface area contributed by atoms with Gasteiger partial charge >= 0.3 is 12.0 Å². The quantitative estimate of drug-likeness (QED) is 0.221. The molecule has 0 unspecified atom stereocenters. The van der Waals surface area contributed by atoms with Crippen molar-refractivity contribution in [3.8, 4) is 11.5 Å². The fraction of sp³-hybridized carbons (Fsp3) is 0.308. The molecule has 0 saturated heterocycles. The second-order valence-electron chi connectivity index (χ2n) is 8.39. The van der Waals surface area contributed by atoms with Crippen LogP contribution in [0.1, 0.15) is 31.0 Å². The van der Waals surface area contributed by atoms with Gasteiger partial charge in [-0.25, -0.2) is 15.0 Å². The lowest BCUT2D eigenvalue weighted by Crippen LogP contribution is -2.45. The molecule has 0 aromatic heterocycles. The molecule has 0 fully saturated rings. The van der Waals surface area contributed by atoms with E-state index in [1.165, 1.54) is 13.3 Å². The van der Waals surface area contributed by atoms with E-state index in [2.05, 4.69) is 37.1 Å². The number of benzene rings is 2. The van der Waals surface area contributed by atoms with E-state index in [1.54, 1.807) is 32.0 Å². The Morgan fingerprint density at radius 2 is 1.95 bits per heavy atom. The number of carbonyl (C=O) groups is 3. The molecule has 2 aromatic carbocycles. The van der Waals surface area contributed by atoms with Gasteiger partial charge in [-0.2, -0.15) is 5.10 Å². The Morgan fingerprint density at radius 1 is 1.18 bits per heavy atom. The standard InChI is InChI=1S/C26H30BrN5O6/c1-6-37-25(34)23-15(2)29-26(35)30-24(23)17-8-10-20(21(12-17)36-5)38-14-22(33)31-28-13-16-7-9-19(32(3)4)18(27)11-16/h7-13,24H,6,14H2,1-5H3,(H,31,33)(H2,29,30,35)/b28-13-/t24-/m0/s1. The highest BCUT2D eigenvalue weighted by molar-refractivity contribution is 9.10. The first-order chi connectivity index (χ1) is 18.1. The van der Waals surface area contributed by atoms with Gasteiger partial charge in [0.1, 0.15) is 0 Å². The normalized spacial score (nSPS) is 15.0. The smallest absolute Gasteiger partial charge is 0.338 e. The molecule has 0 radical (unpaired) electrons. The zero-order chi connectivity index (χ0) is 27.8. The average Bonchev–Trinajstić information content (AvgIpc) is 2.86. The summed E-state index contributed by atoms with van der Waals surface area (Å²) in [6.45, 7) is 3.22. The van der Waals surface area contributed by atoms with Crippen molar-refractivity contribution >= 4 is 45.7 Å². The van der Waals surface area contributed by atoms with E-state index >= 15 is 0 Å². The van der Waals surface area contributed by atoms with Gasteiger partial charge < -0.3 is 29.7 Å². The molecule has 1 atom stereocenters. The number of methoxy groups -OCH3 is 1. The van der Waals surface area contributed by atoms with E-state index < -0.39 is 23.9 Å². The van der Waals surface area contributed by atoms with Crippen molar-refractivity contribution in [3.63, 3.8) is 0 Å². The largest absolute Gasteiger partial charge is 0.493 e. The number of urea groups is 1. The third-order valence-corrected chi connectivity index (χ3v) is 6.14. The first-order valence-corrected chi connectivity index (χ1v) is 12.5. The fourth-order valence-electron chi connectivity index (χ4n) is 3.73. The second kappa shape index (κ2) is 13.0. The minimum atomic E-state index is -0.754. The number of esters is 1. The Bertz CT molecular complexity index is 1280. The van der Waals surface area contributed by atoms with Crippen LogP contribution in [0.2, 0.25) is 0 Å². The maximum Gasteiger partial charge on any atom is 0.338 e. The molecule has 3 amide bonds. The molecule has 1 aliphatic heterocycles. The van der Waals surface area contributed by atoms with E-state index in [0.717, 1.165) is 15.7 Å². The summed E-state index contributed by atoms with van der Waals surface area (Å²) in [6, 6.07) is 9.41. The van der Waals surface area contributed by atoms with Gasteiger partial charge in [0.2, 0.25) is 0 Å². The van der Waals surface area contributed by atoms with Crippen molar-refractivity contribution in [1.29, 1.82) is 0 Å². The predicted octanol–water partition coefficient (Wildman–Crippen LogP) is 3.24. The van der Waals surface area contributed by atoms with Gasteiger partial charge in [-0.15, -0.1) is 0 Å². The number of ether oxygens (including phenoxy) is 3. The Labute approximate surface area is 229 Å². The summed E-state index contributed by atoms with van der Waals surface area (Å²) >= 11 is 3.51. The van der Waals surface area contributed by atoms with Crippen LogP contribution in [-0.2, 0) is 14.3 Å². The number of nitrogens with one attached hydrogen (secondary N) is 3. The van der Waals surface area contributed by atoms with Gasteiger partial charge in [-0.05, 0) is 65.2 Å². The zero-order valence-corrected chi connectivity index (χ0v) is 23.3. The monoisotopic (exact) mass is 587 g/mol.